The maximum Gasteiger partial charge on any atom is 0.343 e. The number of hydrogen-bond donors (Lipinski definition) is 5. The molecular weight excluding hydrogens is 606 g/mol. The molecule has 2 aliphatic rings. The summed E-state index contributed by atoms with van der Waals surface area (Å²) in [6.07, 6.45) is 13.3. The van der Waals surface area contributed by atoms with Crippen LogP contribution in [0.25, 0.3) is 10.9 Å². The van der Waals surface area contributed by atoms with Crippen molar-refractivity contribution in [3.05, 3.63) is 76.1 Å². The van der Waals surface area contributed by atoms with Crippen LogP contribution in [0.5, 0.6) is 5.75 Å². The molecular formula is C39H55N3O6. The van der Waals surface area contributed by atoms with Crippen LogP contribution in [0.2, 0.25) is 0 Å². The van der Waals surface area contributed by atoms with Gasteiger partial charge in [0, 0.05) is 23.9 Å². The zero-order valence-electron chi connectivity index (χ0n) is 28.4. The van der Waals surface area contributed by atoms with Crippen molar-refractivity contribution in [2.75, 3.05) is 39.3 Å². The Morgan fingerprint density at radius 3 is 2.38 bits per heavy atom. The molecule has 2 aromatic carbocycles. The van der Waals surface area contributed by atoms with Crippen LogP contribution in [0.15, 0.2) is 59.4 Å². The van der Waals surface area contributed by atoms with E-state index in [0.717, 1.165) is 84.0 Å². The number of phenolic OH excluding ortho intramolecular Hbond substituents is 1. The number of benzene rings is 2. The molecule has 5 rings (SSSR count). The summed E-state index contributed by atoms with van der Waals surface area (Å²) in [4.78, 5) is 30.2. The Labute approximate surface area is 284 Å². The zero-order chi connectivity index (χ0) is 33.8. The highest BCUT2D eigenvalue weighted by Crippen LogP contribution is 2.40. The van der Waals surface area contributed by atoms with E-state index >= 15 is 0 Å². The number of esters is 1. The number of hydrogen-bond acceptors (Lipinski definition) is 8. The van der Waals surface area contributed by atoms with Crippen LogP contribution in [0.3, 0.4) is 0 Å². The number of rotatable bonds is 17. The molecule has 1 aromatic heterocycles. The molecule has 2 heterocycles. The van der Waals surface area contributed by atoms with Crippen molar-refractivity contribution >= 4 is 16.9 Å². The summed E-state index contributed by atoms with van der Waals surface area (Å²) in [6, 6.07) is 15.6. The van der Waals surface area contributed by atoms with Gasteiger partial charge in [0.05, 0.1) is 18.2 Å². The van der Waals surface area contributed by atoms with Crippen LogP contribution < -0.4 is 10.9 Å². The molecule has 9 nitrogen and oxygen atoms in total. The van der Waals surface area contributed by atoms with E-state index in [1.807, 2.05) is 30.3 Å². The third-order valence-electron chi connectivity index (χ3n) is 10.6. The van der Waals surface area contributed by atoms with Crippen molar-refractivity contribution in [1.29, 1.82) is 0 Å². The summed E-state index contributed by atoms with van der Waals surface area (Å²) in [5.74, 6) is -0.223. The number of pyridine rings is 1. The fourth-order valence-electron chi connectivity index (χ4n) is 7.60. The van der Waals surface area contributed by atoms with Crippen LogP contribution in [0.1, 0.15) is 101 Å². The fraction of sp³-hybridized carbons (Fsp3) is 0.590. The minimum Gasteiger partial charge on any atom is -0.506 e. The normalized spacial score (nSPS) is 18.5. The Morgan fingerprint density at radius 2 is 1.62 bits per heavy atom. The monoisotopic (exact) mass is 661 g/mol. The molecule has 2 fully saturated rings. The SMILES string of the molecule is O=C(OCC1CCN(CCCCCCCCNCC(O)c2ccc(O)c3[nH]c(=O)ccc23)CC1)C(O)(c1ccccc1)C1CCCCC1. The number of phenols is 1. The lowest BCUT2D eigenvalue weighted by molar-refractivity contribution is -0.177. The lowest BCUT2D eigenvalue weighted by Crippen LogP contribution is -2.46. The van der Waals surface area contributed by atoms with Crippen molar-refractivity contribution in [1.82, 2.24) is 15.2 Å². The number of carbonyl (C=O) groups excluding carboxylic acids is 1. The molecule has 9 heteroatoms. The molecule has 0 bridgehead atoms. The molecule has 262 valence electrons. The standard InChI is InChI=1S/C39H55N3O6/c43-34-19-17-32(33-18-20-36(45)41-37(33)34)35(44)27-40-23-11-3-1-2-4-12-24-42-25-21-29(22-26-42)28-48-38(46)39(47,30-13-7-5-8-14-30)31-15-9-6-10-16-31/h5,7-8,13-14,17-20,29,31,35,40,43-44,47H,1-4,6,9-12,15-16,21-28H2,(H,41,45). The number of piperidine rings is 1. The number of aliphatic hydroxyl groups is 2. The Hall–Kier alpha value is -3.24. The number of nitrogens with zero attached hydrogens (tertiary/aromatic N) is 1. The molecule has 2 atom stereocenters. The summed E-state index contributed by atoms with van der Waals surface area (Å²) in [7, 11) is 0. The van der Waals surface area contributed by atoms with Gasteiger partial charge in [-0.05, 0) is 93.9 Å². The van der Waals surface area contributed by atoms with Crippen LogP contribution in [-0.2, 0) is 15.1 Å². The van der Waals surface area contributed by atoms with E-state index in [4.69, 9.17) is 4.74 Å². The second kappa shape index (κ2) is 18.0. The largest absolute Gasteiger partial charge is 0.506 e. The van der Waals surface area contributed by atoms with Gasteiger partial charge in [0.1, 0.15) is 5.75 Å². The van der Waals surface area contributed by atoms with Crippen LogP contribution in [0.4, 0.5) is 0 Å². The van der Waals surface area contributed by atoms with Crippen molar-refractivity contribution in [3.8, 4) is 5.75 Å². The lowest BCUT2D eigenvalue weighted by atomic mass is 9.73. The highest BCUT2D eigenvalue weighted by molar-refractivity contribution is 5.87. The van der Waals surface area contributed by atoms with E-state index in [-0.39, 0.29) is 17.2 Å². The summed E-state index contributed by atoms with van der Waals surface area (Å²) in [6.45, 7) is 4.81. The second-order valence-corrected chi connectivity index (χ2v) is 14.0. The molecule has 2 unspecified atom stereocenters. The molecule has 0 amide bonds. The first-order valence-electron chi connectivity index (χ1n) is 18.3. The van der Waals surface area contributed by atoms with Gasteiger partial charge in [-0.15, -0.1) is 0 Å². The smallest absolute Gasteiger partial charge is 0.343 e. The fourth-order valence-corrected chi connectivity index (χ4v) is 7.60. The average Bonchev–Trinajstić information content (AvgIpc) is 3.12. The van der Waals surface area contributed by atoms with E-state index in [9.17, 15) is 24.9 Å². The van der Waals surface area contributed by atoms with Crippen LogP contribution in [-0.4, -0.2) is 70.5 Å². The van der Waals surface area contributed by atoms with E-state index in [0.29, 0.717) is 41.1 Å². The van der Waals surface area contributed by atoms with Gasteiger partial charge in [-0.3, -0.25) is 4.79 Å². The molecule has 3 aromatic rings. The minimum absolute atomic E-state index is 0.00453. The van der Waals surface area contributed by atoms with Crippen LogP contribution >= 0.6 is 0 Å². The Balaban J connectivity index is 0.906. The quantitative estimate of drug-likeness (QED) is 0.0889. The summed E-state index contributed by atoms with van der Waals surface area (Å²) in [5, 5.41) is 36.5. The van der Waals surface area contributed by atoms with Crippen molar-refractivity contribution < 1.29 is 24.9 Å². The Bertz CT molecular complexity index is 1480. The summed E-state index contributed by atoms with van der Waals surface area (Å²) in [5.41, 5.74) is -0.157. The second-order valence-electron chi connectivity index (χ2n) is 14.0. The topological polar surface area (TPSA) is 135 Å². The highest BCUT2D eigenvalue weighted by atomic mass is 16.5. The number of carbonyl (C=O) groups is 1. The van der Waals surface area contributed by atoms with Gasteiger partial charge in [-0.1, -0.05) is 81.3 Å². The number of nitrogens with one attached hydrogen (secondary N) is 2. The molecule has 1 aliphatic carbocycles. The van der Waals surface area contributed by atoms with Gasteiger partial charge in [0.25, 0.3) is 0 Å². The van der Waals surface area contributed by atoms with Gasteiger partial charge in [-0.2, -0.15) is 0 Å². The van der Waals surface area contributed by atoms with Gasteiger partial charge >= 0.3 is 5.97 Å². The van der Waals surface area contributed by atoms with Gasteiger partial charge in [0.2, 0.25) is 5.56 Å². The number of likely N-dealkylation sites (tertiary alicyclic amines) is 1. The first-order valence-corrected chi connectivity index (χ1v) is 18.3. The number of H-pyrrole nitrogens is 1. The number of unbranched alkanes of at least 4 members (excludes halogenated alkanes) is 5. The Morgan fingerprint density at radius 1 is 0.917 bits per heavy atom. The third kappa shape index (κ3) is 9.47. The lowest BCUT2D eigenvalue weighted by Gasteiger charge is -2.37. The Kier molecular flexibility index (Phi) is 13.5. The summed E-state index contributed by atoms with van der Waals surface area (Å²) >= 11 is 0. The number of aromatic nitrogens is 1. The predicted molar refractivity (Wildman–Crippen MR) is 189 cm³/mol. The number of fused-ring (bicyclic) bond motifs is 1. The van der Waals surface area contributed by atoms with Crippen molar-refractivity contribution in [3.63, 3.8) is 0 Å². The minimum atomic E-state index is -1.56. The van der Waals surface area contributed by atoms with Crippen LogP contribution in [0, 0.1) is 11.8 Å². The zero-order valence-corrected chi connectivity index (χ0v) is 28.4. The molecule has 0 radical (unpaired) electrons. The molecule has 1 aliphatic heterocycles. The van der Waals surface area contributed by atoms with Crippen molar-refractivity contribution in [2.24, 2.45) is 11.8 Å². The average molecular weight is 662 g/mol. The molecule has 48 heavy (non-hydrogen) atoms. The molecule has 1 saturated heterocycles. The molecule has 1 saturated carbocycles. The van der Waals surface area contributed by atoms with E-state index in [1.165, 1.54) is 37.8 Å². The van der Waals surface area contributed by atoms with Crippen molar-refractivity contribution in [2.45, 2.75) is 95.2 Å². The van der Waals surface area contributed by atoms with E-state index in [1.54, 1.807) is 12.1 Å². The van der Waals surface area contributed by atoms with E-state index < -0.39 is 17.7 Å². The first kappa shape index (κ1) is 36.1. The number of ether oxygens (including phenoxy) is 1. The number of aromatic amines is 1. The molecule has 0 spiro atoms. The third-order valence-corrected chi connectivity index (χ3v) is 10.6. The maximum absolute atomic E-state index is 13.4. The first-order chi connectivity index (χ1) is 23.4. The number of aliphatic hydroxyl groups excluding tert-OH is 1. The predicted octanol–water partition coefficient (Wildman–Crippen LogP) is 5.92. The van der Waals surface area contributed by atoms with E-state index in [2.05, 4.69) is 15.2 Å². The molecule has 5 N–H and O–H groups in total. The number of aromatic hydroxyl groups is 1. The highest BCUT2D eigenvalue weighted by Gasteiger charge is 2.47. The van der Waals surface area contributed by atoms with Gasteiger partial charge < -0.3 is 35.3 Å². The summed E-state index contributed by atoms with van der Waals surface area (Å²) < 4.78 is 5.86. The van der Waals surface area contributed by atoms with Gasteiger partial charge in [-0.25, -0.2) is 4.79 Å². The van der Waals surface area contributed by atoms with Gasteiger partial charge in [0.15, 0.2) is 5.60 Å². The maximum atomic E-state index is 13.4.